The number of aromatic hydroxyl groups is 3. The van der Waals surface area contributed by atoms with Gasteiger partial charge in [0, 0.05) is 19.5 Å². The zero-order valence-electron chi connectivity index (χ0n) is 15.0. The van der Waals surface area contributed by atoms with Crippen LogP contribution in [0, 0.1) is 0 Å². The van der Waals surface area contributed by atoms with Crippen LogP contribution in [0.1, 0.15) is 25.0 Å². The van der Waals surface area contributed by atoms with Crippen LogP contribution in [0.15, 0.2) is 36.4 Å². The zero-order chi connectivity index (χ0) is 19.6. The fourth-order valence-electron chi connectivity index (χ4n) is 2.76. The molecule has 0 fully saturated rings. The van der Waals surface area contributed by atoms with Gasteiger partial charge in [-0.3, -0.25) is 4.79 Å². The molecule has 0 radical (unpaired) electrons. The van der Waals surface area contributed by atoms with Gasteiger partial charge >= 0.3 is 6.01 Å². The first kappa shape index (κ1) is 18.2. The van der Waals surface area contributed by atoms with Crippen molar-refractivity contribution in [3.8, 4) is 34.6 Å². The Hall–Kier alpha value is -3.55. The minimum Gasteiger partial charge on any atom is -0.508 e. The summed E-state index contributed by atoms with van der Waals surface area (Å²) in [5.74, 6) is -0.0429. The average Bonchev–Trinajstić information content (AvgIpc) is 3.02. The average molecular weight is 368 g/mol. The Morgan fingerprint density at radius 2 is 1.78 bits per heavy atom. The molecule has 3 rings (SSSR count). The molecule has 4 N–H and O–H groups in total. The lowest BCUT2D eigenvalue weighted by Crippen LogP contribution is -2.18. The standard InChI is InChI=1S/C19H20N4O4/c1-3-13-8-15(17(26)9-16(13)25)18-21-22-19(27)23(18)14-6-4-12(5-7-14)10-20-11(2)24/h4-9,25-26H,3,10H2,1-2H3,(H,20,24)(H,22,27). The van der Waals surface area contributed by atoms with Crippen molar-refractivity contribution in [2.75, 3.05) is 0 Å². The van der Waals surface area contributed by atoms with Gasteiger partial charge in [0.05, 0.1) is 11.3 Å². The number of benzene rings is 2. The predicted octanol–water partition coefficient (Wildman–Crippen LogP) is 2.25. The van der Waals surface area contributed by atoms with Crippen LogP contribution in [-0.2, 0) is 17.8 Å². The van der Waals surface area contributed by atoms with Crippen molar-refractivity contribution in [1.82, 2.24) is 20.1 Å². The molecule has 27 heavy (non-hydrogen) atoms. The Labute approximate surface area is 155 Å². The van der Waals surface area contributed by atoms with Gasteiger partial charge in [-0.2, -0.15) is 0 Å². The molecule has 8 heteroatoms. The lowest BCUT2D eigenvalue weighted by atomic mass is 10.1. The summed E-state index contributed by atoms with van der Waals surface area (Å²) >= 11 is 0. The summed E-state index contributed by atoms with van der Waals surface area (Å²) in [5.41, 5.74) is 2.47. The first-order valence-electron chi connectivity index (χ1n) is 8.44. The van der Waals surface area contributed by atoms with E-state index in [9.17, 15) is 20.1 Å². The quantitative estimate of drug-likeness (QED) is 0.548. The molecule has 1 heterocycles. The second-order valence-corrected chi connectivity index (χ2v) is 6.09. The van der Waals surface area contributed by atoms with Gasteiger partial charge in [0.15, 0.2) is 5.82 Å². The van der Waals surface area contributed by atoms with E-state index in [1.54, 1.807) is 18.2 Å². The number of rotatable bonds is 5. The molecule has 0 unspecified atom stereocenters. The van der Waals surface area contributed by atoms with Crippen LogP contribution in [0.4, 0.5) is 0 Å². The third-order valence-electron chi connectivity index (χ3n) is 4.20. The molecule has 0 atom stereocenters. The van der Waals surface area contributed by atoms with Gasteiger partial charge in [-0.15, -0.1) is 5.10 Å². The summed E-state index contributed by atoms with van der Waals surface area (Å²) in [6.45, 7) is 3.73. The maximum atomic E-state index is 11.0. The lowest BCUT2D eigenvalue weighted by molar-refractivity contribution is -0.119. The Morgan fingerprint density at radius 1 is 1.07 bits per heavy atom. The molecular weight excluding hydrogens is 348 g/mol. The van der Waals surface area contributed by atoms with Gasteiger partial charge in [-0.05, 0) is 35.7 Å². The first-order chi connectivity index (χ1) is 12.9. The van der Waals surface area contributed by atoms with E-state index in [1.165, 1.54) is 17.6 Å². The highest BCUT2D eigenvalue weighted by Gasteiger charge is 2.19. The number of carbonyl (C=O) groups is 1. The SMILES string of the molecule is CCc1cc(-c2nnc(O)n2-c2ccc(CNC(C)=O)cc2)c(O)cc1O. The summed E-state index contributed by atoms with van der Waals surface area (Å²) in [6, 6.07) is 9.66. The van der Waals surface area contributed by atoms with Crippen LogP contribution in [0.3, 0.4) is 0 Å². The van der Waals surface area contributed by atoms with E-state index in [-0.39, 0.29) is 29.2 Å². The molecule has 1 amide bonds. The number of aryl methyl sites for hydroxylation is 1. The molecule has 2 aromatic carbocycles. The fraction of sp³-hybridized carbons (Fsp3) is 0.211. The molecule has 0 bridgehead atoms. The number of phenolic OH excluding ortho intramolecular Hbond substituents is 2. The van der Waals surface area contributed by atoms with Crippen molar-refractivity contribution in [2.45, 2.75) is 26.8 Å². The van der Waals surface area contributed by atoms with Crippen LogP contribution < -0.4 is 5.32 Å². The first-order valence-corrected chi connectivity index (χ1v) is 8.44. The van der Waals surface area contributed by atoms with Crippen molar-refractivity contribution in [3.63, 3.8) is 0 Å². The smallest absolute Gasteiger partial charge is 0.319 e. The Morgan fingerprint density at radius 3 is 2.41 bits per heavy atom. The molecule has 0 spiro atoms. The number of nitrogens with zero attached hydrogens (tertiary/aromatic N) is 3. The van der Waals surface area contributed by atoms with Gasteiger partial charge in [0.25, 0.3) is 0 Å². The van der Waals surface area contributed by atoms with Crippen LogP contribution >= 0.6 is 0 Å². The largest absolute Gasteiger partial charge is 0.508 e. The Kier molecular flexibility index (Phi) is 4.98. The number of nitrogens with one attached hydrogen (secondary N) is 1. The third kappa shape index (κ3) is 3.69. The van der Waals surface area contributed by atoms with Crippen LogP contribution in [0.5, 0.6) is 17.5 Å². The van der Waals surface area contributed by atoms with E-state index in [0.717, 1.165) is 5.56 Å². The fourth-order valence-corrected chi connectivity index (χ4v) is 2.76. The third-order valence-corrected chi connectivity index (χ3v) is 4.20. The molecule has 140 valence electrons. The minimum atomic E-state index is -0.329. The topological polar surface area (TPSA) is 121 Å². The van der Waals surface area contributed by atoms with E-state index in [1.807, 2.05) is 19.1 Å². The van der Waals surface area contributed by atoms with Crippen molar-refractivity contribution < 1.29 is 20.1 Å². The van der Waals surface area contributed by atoms with Gasteiger partial charge in [0.1, 0.15) is 11.5 Å². The van der Waals surface area contributed by atoms with Gasteiger partial charge in [0.2, 0.25) is 5.91 Å². The maximum Gasteiger partial charge on any atom is 0.319 e. The van der Waals surface area contributed by atoms with Crippen molar-refractivity contribution >= 4 is 5.91 Å². The zero-order valence-corrected chi connectivity index (χ0v) is 15.0. The van der Waals surface area contributed by atoms with E-state index in [4.69, 9.17) is 0 Å². The van der Waals surface area contributed by atoms with E-state index in [2.05, 4.69) is 15.5 Å². The molecule has 0 saturated heterocycles. The highest BCUT2D eigenvalue weighted by molar-refractivity contribution is 5.73. The second-order valence-electron chi connectivity index (χ2n) is 6.09. The summed E-state index contributed by atoms with van der Waals surface area (Å²) in [7, 11) is 0. The van der Waals surface area contributed by atoms with Gasteiger partial charge in [-0.25, -0.2) is 4.57 Å². The lowest BCUT2D eigenvalue weighted by Gasteiger charge is -2.12. The number of hydrogen-bond donors (Lipinski definition) is 4. The number of phenols is 2. The molecule has 1 aromatic heterocycles. The van der Waals surface area contributed by atoms with Crippen LogP contribution in [0.25, 0.3) is 17.1 Å². The summed E-state index contributed by atoms with van der Waals surface area (Å²) in [4.78, 5) is 11.0. The molecule has 0 saturated carbocycles. The van der Waals surface area contributed by atoms with Gasteiger partial charge < -0.3 is 20.6 Å². The number of aromatic nitrogens is 3. The van der Waals surface area contributed by atoms with Crippen LogP contribution in [0.2, 0.25) is 0 Å². The van der Waals surface area contributed by atoms with Crippen LogP contribution in [-0.4, -0.2) is 36.0 Å². The Bertz CT molecular complexity index is 980. The van der Waals surface area contributed by atoms with E-state index >= 15 is 0 Å². The Balaban J connectivity index is 2.02. The highest BCUT2D eigenvalue weighted by atomic mass is 16.3. The molecule has 0 aliphatic rings. The van der Waals surface area contributed by atoms with Crippen molar-refractivity contribution in [1.29, 1.82) is 0 Å². The number of carbonyl (C=O) groups excluding carboxylic acids is 1. The predicted molar refractivity (Wildman–Crippen MR) is 98.7 cm³/mol. The monoisotopic (exact) mass is 368 g/mol. The maximum absolute atomic E-state index is 11.0. The molecule has 0 aliphatic carbocycles. The minimum absolute atomic E-state index is 0.00337. The van der Waals surface area contributed by atoms with E-state index < -0.39 is 0 Å². The molecular formula is C19H20N4O4. The van der Waals surface area contributed by atoms with E-state index in [0.29, 0.717) is 29.8 Å². The molecule has 0 aliphatic heterocycles. The normalized spacial score (nSPS) is 10.7. The van der Waals surface area contributed by atoms with Crippen molar-refractivity contribution in [3.05, 3.63) is 47.5 Å². The summed E-state index contributed by atoms with van der Waals surface area (Å²) in [6.07, 6.45) is 0.567. The number of amides is 1. The molecule has 8 nitrogen and oxygen atoms in total. The van der Waals surface area contributed by atoms with Crippen molar-refractivity contribution in [2.24, 2.45) is 0 Å². The summed E-state index contributed by atoms with van der Waals surface area (Å²) in [5, 5.41) is 40.7. The van der Waals surface area contributed by atoms with Gasteiger partial charge in [-0.1, -0.05) is 24.2 Å². The second kappa shape index (κ2) is 7.36. The highest BCUT2D eigenvalue weighted by Crippen LogP contribution is 2.36. The number of hydrogen-bond acceptors (Lipinski definition) is 6. The summed E-state index contributed by atoms with van der Waals surface area (Å²) < 4.78 is 1.40. The molecule has 3 aromatic rings.